The Hall–Kier alpha value is -1.88. The van der Waals surface area contributed by atoms with E-state index in [2.05, 4.69) is 22.4 Å². The summed E-state index contributed by atoms with van der Waals surface area (Å²) < 4.78 is 13.3. The van der Waals surface area contributed by atoms with Crippen molar-refractivity contribution < 1.29 is 9.18 Å². The molecule has 0 saturated carbocycles. The molecule has 1 amide bonds. The molecule has 2 aromatic rings. The molecule has 1 unspecified atom stereocenters. The summed E-state index contributed by atoms with van der Waals surface area (Å²) in [6.07, 6.45) is 6.17. The summed E-state index contributed by atoms with van der Waals surface area (Å²) in [6.45, 7) is 3.03. The topological polar surface area (TPSA) is 32.3 Å². The van der Waals surface area contributed by atoms with Crippen molar-refractivity contribution in [3.05, 3.63) is 70.5 Å². The fourth-order valence-electron chi connectivity index (χ4n) is 4.14. The molecule has 2 aliphatic heterocycles. The number of carbonyl (C=O) groups excluding carboxylic acids is 1. The molecular weight excluding hydrogens is 410 g/mol. The van der Waals surface area contributed by atoms with Gasteiger partial charge in [-0.05, 0) is 66.8 Å². The molecule has 2 heterocycles. The van der Waals surface area contributed by atoms with Crippen LogP contribution in [0.5, 0.6) is 0 Å². The first-order valence-electron chi connectivity index (χ1n) is 9.88. The van der Waals surface area contributed by atoms with Gasteiger partial charge >= 0.3 is 0 Å². The summed E-state index contributed by atoms with van der Waals surface area (Å²) >= 11 is 6.10. The highest BCUT2D eigenvalue weighted by Gasteiger charge is 2.30. The summed E-state index contributed by atoms with van der Waals surface area (Å²) in [5.41, 5.74) is 4.14. The molecule has 0 fully saturated rings. The maximum atomic E-state index is 13.3. The van der Waals surface area contributed by atoms with Crippen LogP contribution in [0.2, 0.25) is 5.02 Å². The Kier molecular flexibility index (Phi) is 7.33. The van der Waals surface area contributed by atoms with Crippen LogP contribution in [0.1, 0.15) is 42.7 Å². The lowest BCUT2D eigenvalue weighted by Crippen LogP contribution is -2.29. The largest absolute Gasteiger partial charge is 0.325 e. The second-order valence-electron chi connectivity index (χ2n) is 7.56. The van der Waals surface area contributed by atoms with Gasteiger partial charge in [-0.3, -0.25) is 9.69 Å². The van der Waals surface area contributed by atoms with Crippen molar-refractivity contribution in [1.29, 1.82) is 0 Å². The molecule has 3 nitrogen and oxygen atoms in total. The minimum Gasteiger partial charge on any atom is -0.325 e. The predicted octanol–water partition coefficient (Wildman–Crippen LogP) is 5.90. The Labute approximate surface area is 182 Å². The highest BCUT2D eigenvalue weighted by Crippen LogP contribution is 2.36. The number of hydrogen-bond acceptors (Lipinski definition) is 2. The van der Waals surface area contributed by atoms with E-state index < -0.39 is 0 Å². The van der Waals surface area contributed by atoms with E-state index in [9.17, 15) is 9.18 Å². The zero-order chi connectivity index (χ0) is 19.5. The van der Waals surface area contributed by atoms with Crippen LogP contribution >= 0.6 is 24.0 Å². The Balaban J connectivity index is 0.00000240. The van der Waals surface area contributed by atoms with Gasteiger partial charge < -0.3 is 5.32 Å². The second kappa shape index (κ2) is 9.75. The average molecular weight is 435 g/mol. The molecule has 29 heavy (non-hydrogen) atoms. The maximum absolute atomic E-state index is 13.3. The normalized spacial score (nSPS) is 18.6. The van der Waals surface area contributed by atoms with Crippen LogP contribution in [0, 0.1) is 5.82 Å². The zero-order valence-corrected chi connectivity index (χ0v) is 17.7. The van der Waals surface area contributed by atoms with Gasteiger partial charge in [-0.2, -0.15) is 0 Å². The third-order valence-corrected chi connectivity index (χ3v) is 5.91. The first-order chi connectivity index (χ1) is 13.6. The Morgan fingerprint density at radius 2 is 2.03 bits per heavy atom. The standard InChI is InChI=1S/C23H24ClFN2O.ClH/c24-18-5-3-4-17(14-18)16-9-12-27(13-10-16)11-2-1-6-21-20-8-7-19(25)15-22(20)26-23(21)28;/h3-5,7-9,14-15,21H,1-2,6,10-13H2,(H,26,28);1H. The van der Waals surface area contributed by atoms with E-state index in [0.29, 0.717) is 5.69 Å². The molecule has 0 aliphatic carbocycles. The van der Waals surface area contributed by atoms with E-state index in [1.807, 2.05) is 18.2 Å². The van der Waals surface area contributed by atoms with Crippen molar-refractivity contribution in [2.75, 3.05) is 25.0 Å². The minimum atomic E-state index is -0.310. The summed E-state index contributed by atoms with van der Waals surface area (Å²) in [6, 6.07) is 12.6. The number of fused-ring (bicyclic) bond motifs is 1. The molecule has 0 radical (unpaired) electrons. The van der Waals surface area contributed by atoms with E-state index >= 15 is 0 Å². The highest BCUT2D eigenvalue weighted by atomic mass is 35.5. The Morgan fingerprint density at radius 3 is 2.79 bits per heavy atom. The average Bonchev–Trinajstić information content (AvgIpc) is 3.00. The maximum Gasteiger partial charge on any atom is 0.232 e. The molecule has 0 bridgehead atoms. The van der Waals surface area contributed by atoms with Crippen LogP contribution in [0.4, 0.5) is 10.1 Å². The van der Waals surface area contributed by atoms with Gasteiger partial charge in [0, 0.05) is 23.8 Å². The minimum absolute atomic E-state index is 0. The number of nitrogens with one attached hydrogen (secondary N) is 1. The predicted molar refractivity (Wildman–Crippen MR) is 119 cm³/mol. The van der Waals surface area contributed by atoms with Gasteiger partial charge in [-0.15, -0.1) is 12.4 Å². The molecular formula is C23H25Cl2FN2O. The van der Waals surface area contributed by atoms with Crippen molar-refractivity contribution in [2.45, 2.75) is 31.6 Å². The van der Waals surface area contributed by atoms with Crippen molar-refractivity contribution in [3.8, 4) is 0 Å². The van der Waals surface area contributed by atoms with Crippen LogP contribution in [0.3, 0.4) is 0 Å². The molecule has 154 valence electrons. The number of carbonyl (C=O) groups is 1. The zero-order valence-electron chi connectivity index (χ0n) is 16.2. The molecule has 0 saturated heterocycles. The Morgan fingerprint density at radius 1 is 1.17 bits per heavy atom. The monoisotopic (exact) mass is 434 g/mol. The molecule has 2 aromatic carbocycles. The number of benzene rings is 2. The number of halogens is 3. The molecule has 0 aromatic heterocycles. The molecule has 2 aliphatic rings. The molecule has 1 atom stereocenters. The summed E-state index contributed by atoms with van der Waals surface area (Å²) in [4.78, 5) is 14.6. The van der Waals surface area contributed by atoms with E-state index in [-0.39, 0.29) is 30.0 Å². The van der Waals surface area contributed by atoms with Crippen molar-refractivity contribution in [1.82, 2.24) is 4.90 Å². The van der Waals surface area contributed by atoms with E-state index in [4.69, 9.17) is 11.6 Å². The first-order valence-corrected chi connectivity index (χ1v) is 10.3. The van der Waals surface area contributed by atoms with Gasteiger partial charge in [-0.25, -0.2) is 4.39 Å². The molecule has 1 N–H and O–H groups in total. The Bertz CT molecular complexity index is 916. The quantitative estimate of drug-likeness (QED) is 0.574. The molecule has 6 heteroatoms. The number of anilines is 1. The van der Waals surface area contributed by atoms with E-state index in [0.717, 1.165) is 55.9 Å². The third kappa shape index (κ3) is 5.19. The fourth-order valence-corrected chi connectivity index (χ4v) is 4.33. The van der Waals surface area contributed by atoms with Crippen molar-refractivity contribution in [2.24, 2.45) is 0 Å². The van der Waals surface area contributed by atoms with Crippen molar-refractivity contribution >= 4 is 41.2 Å². The fraction of sp³-hybridized carbons (Fsp3) is 0.348. The summed E-state index contributed by atoms with van der Waals surface area (Å²) in [5, 5.41) is 3.58. The number of hydrogen-bond donors (Lipinski definition) is 1. The van der Waals surface area contributed by atoms with Crippen LogP contribution in [0.15, 0.2) is 48.5 Å². The van der Waals surface area contributed by atoms with Gasteiger partial charge in [0.2, 0.25) is 5.91 Å². The highest BCUT2D eigenvalue weighted by molar-refractivity contribution is 6.30. The van der Waals surface area contributed by atoms with Crippen LogP contribution < -0.4 is 5.32 Å². The number of rotatable bonds is 6. The number of unbranched alkanes of at least 4 members (excludes halogenated alkanes) is 1. The van der Waals surface area contributed by atoms with Gasteiger partial charge in [0.15, 0.2) is 0 Å². The first kappa shape index (κ1) is 21.8. The smallest absolute Gasteiger partial charge is 0.232 e. The van der Waals surface area contributed by atoms with Crippen LogP contribution in [0.25, 0.3) is 5.57 Å². The van der Waals surface area contributed by atoms with Crippen LogP contribution in [-0.4, -0.2) is 30.4 Å². The van der Waals surface area contributed by atoms with Crippen molar-refractivity contribution in [3.63, 3.8) is 0 Å². The lowest BCUT2D eigenvalue weighted by molar-refractivity contribution is -0.117. The number of amides is 1. The number of nitrogens with zero attached hydrogens (tertiary/aromatic N) is 1. The molecule has 4 rings (SSSR count). The van der Waals surface area contributed by atoms with E-state index in [1.54, 1.807) is 6.07 Å². The lowest BCUT2D eigenvalue weighted by atomic mass is 9.94. The summed E-state index contributed by atoms with van der Waals surface area (Å²) in [5.74, 6) is -0.464. The van der Waals surface area contributed by atoms with Gasteiger partial charge in [0.05, 0.1) is 5.92 Å². The summed E-state index contributed by atoms with van der Waals surface area (Å²) in [7, 11) is 0. The van der Waals surface area contributed by atoms with Gasteiger partial charge in [-0.1, -0.05) is 42.3 Å². The van der Waals surface area contributed by atoms with Gasteiger partial charge in [0.1, 0.15) is 5.82 Å². The molecule has 0 spiro atoms. The lowest BCUT2D eigenvalue weighted by Gasteiger charge is -2.26. The second-order valence-corrected chi connectivity index (χ2v) is 8.00. The SMILES string of the molecule is Cl.O=C1Nc2cc(F)ccc2C1CCCCN1CC=C(c2cccc(Cl)c2)CC1. The van der Waals surface area contributed by atoms with E-state index in [1.165, 1.54) is 23.3 Å². The van der Waals surface area contributed by atoms with Crippen LogP contribution in [-0.2, 0) is 4.79 Å². The third-order valence-electron chi connectivity index (χ3n) is 5.67. The van der Waals surface area contributed by atoms with Gasteiger partial charge in [0.25, 0.3) is 0 Å².